The molecule has 29 heavy (non-hydrogen) atoms. The summed E-state index contributed by atoms with van der Waals surface area (Å²) in [7, 11) is 4.71. The SMILES string of the molecule is COc1cccc(-c2n[nH]c3c2C(c2ccccn2)N(CC(OC)OC)C3=O)c1. The van der Waals surface area contributed by atoms with Gasteiger partial charge in [-0.15, -0.1) is 0 Å². The number of H-pyrrole nitrogens is 1. The quantitative estimate of drug-likeness (QED) is 0.620. The average Bonchev–Trinajstić information content (AvgIpc) is 3.31. The largest absolute Gasteiger partial charge is 0.497 e. The van der Waals surface area contributed by atoms with Crippen LogP contribution in [-0.4, -0.2) is 60.2 Å². The van der Waals surface area contributed by atoms with Gasteiger partial charge in [0.25, 0.3) is 5.91 Å². The molecular weight excluding hydrogens is 372 g/mol. The molecule has 1 aliphatic rings. The summed E-state index contributed by atoms with van der Waals surface area (Å²) in [4.78, 5) is 19.4. The summed E-state index contributed by atoms with van der Waals surface area (Å²) in [5.41, 5.74) is 3.53. The summed E-state index contributed by atoms with van der Waals surface area (Å²) in [6.07, 6.45) is 1.16. The minimum Gasteiger partial charge on any atom is -0.497 e. The van der Waals surface area contributed by atoms with E-state index in [-0.39, 0.29) is 12.5 Å². The smallest absolute Gasteiger partial charge is 0.273 e. The number of amides is 1. The van der Waals surface area contributed by atoms with Gasteiger partial charge in [0.05, 0.1) is 25.0 Å². The van der Waals surface area contributed by atoms with E-state index < -0.39 is 12.3 Å². The first-order valence-electron chi connectivity index (χ1n) is 9.18. The molecule has 1 N–H and O–H groups in total. The van der Waals surface area contributed by atoms with Crippen LogP contribution in [0.25, 0.3) is 11.3 Å². The number of ether oxygens (including phenoxy) is 3. The number of fused-ring (bicyclic) bond motifs is 1. The first-order valence-corrected chi connectivity index (χ1v) is 9.18. The first-order chi connectivity index (χ1) is 14.2. The zero-order chi connectivity index (χ0) is 20.4. The number of carbonyl (C=O) groups is 1. The molecule has 0 fully saturated rings. The van der Waals surface area contributed by atoms with Crippen molar-refractivity contribution in [3.8, 4) is 17.0 Å². The lowest BCUT2D eigenvalue weighted by Crippen LogP contribution is -2.38. The molecule has 1 amide bonds. The zero-order valence-corrected chi connectivity index (χ0v) is 16.5. The van der Waals surface area contributed by atoms with Crippen LogP contribution in [0.3, 0.4) is 0 Å². The number of rotatable bonds is 7. The first kappa shape index (κ1) is 19.1. The molecular formula is C21H22N4O4. The third kappa shape index (κ3) is 3.37. The fourth-order valence-corrected chi connectivity index (χ4v) is 3.63. The van der Waals surface area contributed by atoms with Gasteiger partial charge in [-0.2, -0.15) is 5.10 Å². The number of methoxy groups -OCH3 is 3. The van der Waals surface area contributed by atoms with Crippen LogP contribution < -0.4 is 4.74 Å². The van der Waals surface area contributed by atoms with Crippen molar-refractivity contribution in [1.29, 1.82) is 0 Å². The summed E-state index contributed by atoms with van der Waals surface area (Å²) >= 11 is 0. The standard InChI is InChI=1S/C21H22N4O4/c1-27-14-8-6-7-13(11-14)18-17-19(24-23-18)21(26)25(12-16(28-2)29-3)20(17)15-9-4-5-10-22-15/h4-11,16,20H,12H2,1-3H3,(H,23,24). The number of hydrogen-bond donors (Lipinski definition) is 1. The van der Waals surface area contributed by atoms with E-state index in [0.29, 0.717) is 17.1 Å². The molecule has 8 nitrogen and oxygen atoms in total. The Labute approximate surface area is 168 Å². The van der Waals surface area contributed by atoms with Gasteiger partial charge in [-0.05, 0) is 24.3 Å². The Hall–Kier alpha value is -3.23. The van der Waals surface area contributed by atoms with Crippen molar-refractivity contribution < 1.29 is 19.0 Å². The molecule has 4 rings (SSSR count). The maximum atomic E-state index is 13.2. The fourth-order valence-electron chi connectivity index (χ4n) is 3.63. The molecule has 0 spiro atoms. The van der Waals surface area contributed by atoms with E-state index in [4.69, 9.17) is 14.2 Å². The highest BCUT2D eigenvalue weighted by atomic mass is 16.7. The lowest BCUT2D eigenvalue weighted by Gasteiger charge is -2.28. The molecule has 3 aromatic rings. The van der Waals surface area contributed by atoms with E-state index in [2.05, 4.69) is 15.2 Å². The van der Waals surface area contributed by atoms with Gasteiger partial charge in [-0.25, -0.2) is 0 Å². The van der Waals surface area contributed by atoms with E-state index >= 15 is 0 Å². The molecule has 150 valence electrons. The van der Waals surface area contributed by atoms with Crippen molar-refractivity contribution in [2.24, 2.45) is 0 Å². The van der Waals surface area contributed by atoms with E-state index in [1.165, 1.54) is 0 Å². The topological polar surface area (TPSA) is 89.6 Å². The van der Waals surface area contributed by atoms with Crippen molar-refractivity contribution in [2.45, 2.75) is 12.3 Å². The van der Waals surface area contributed by atoms with Gasteiger partial charge >= 0.3 is 0 Å². The van der Waals surface area contributed by atoms with Crippen molar-refractivity contribution in [3.63, 3.8) is 0 Å². The Morgan fingerprint density at radius 1 is 1.14 bits per heavy atom. The maximum absolute atomic E-state index is 13.2. The minimum atomic E-state index is -0.553. The van der Waals surface area contributed by atoms with Gasteiger partial charge in [0.1, 0.15) is 17.5 Å². The van der Waals surface area contributed by atoms with Gasteiger partial charge in [0, 0.05) is 31.5 Å². The van der Waals surface area contributed by atoms with Gasteiger partial charge in [0.15, 0.2) is 6.29 Å². The van der Waals surface area contributed by atoms with Crippen molar-refractivity contribution in [1.82, 2.24) is 20.1 Å². The number of aromatic amines is 1. The Balaban J connectivity index is 1.84. The second-order valence-corrected chi connectivity index (χ2v) is 6.61. The van der Waals surface area contributed by atoms with Crippen LogP contribution in [0.5, 0.6) is 5.75 Å². The molecule has 1 atom stereocenters. The van der Waals surface area contributed by atoms with Crippen LogP contribution in [-0.2, 0) is 9.47 Å². The Morgan fingerprint density at radius 3 is 2.66 bits per heavy atom. The number of nitrogens with one attached hydrogen (secondary N) is 1. The van der Waals surface area contributed by atoms with Crippen LogP contribution in [0.15, 0.2) is 48.7 Å². The third-order valence-electron chi connectivity index (χ3n) is 5.05. The monoisotopic (exact) mass is 394 g/mol. The maximum Gasteiger partial charge on any atom is 0.273 e. The second kappa shape index (κ2) is 8.02. The van der Waals surface area contributed by atoms with Crippen LogP contribution >= 0.6 is 0 Å². The number of aromatic nitrogens is 3. The molecule has 1 aliphatic heterocycles. The number of pyridine rings is 1. The molecule has 8 heteroatoms. The highest BCUT2D eigenvalue weighted by Crippen LogP contribution is 2.42. The lowest BCUT2D eigenvalue weighted by atomic mass is 9.99. The molecule has 0 saturated heterocycles. The predicted octanol–water partition coefficient (Wildman–Crippen LogP) is 2.64. The summed E-state index contributed by atoms with van der Waals surface area (Å²) < 4.78 is 16.0. The second-order valence-electron chi connectivity index (χ2n) is 6.61. The highest BCUT2D eigenvalue weighted by Gasteiger charge is 2.43. The molecule has 1 aromatic carbocycles. The lowest BCUT2D eigenvalue weighted by molar-refractivity contribution is -0.113. The van der Waals surface area contributed by atoms with E-state index in [1.807, 2.05) is 42.5 Å². The molecule has 3 heterocycles. The molecule has 2 aromatic heterocycles. The summed E-state index contributed by atoms with van der Waals surface area (Å²) in [5.74, 6) is 0.546. The summed E-state index contributed by atoms with van der Waals surface area (Å²) in [6.45, 7) is 0.257. The van der Waals surface area contributed by atoms with Crippen LogP contribution in [0.2, 0.25) is 0 Å². The van der Waals surface area contributed by atoms with Gasteiger partial charge < -0.3 is 19.1 Å². The van der Waals surface area contributed by atoms with Crippen molar-refractivity contribution in [2.75, 3.05) is 27.9 Å². The summed E-state index contributed by atoms with van der Waals surface area (Å²) in [6, 6.07) is 12.8. The van der Waals surface area contributed by atoms with Crippen LogP contribution in [0, 0.1) is 0 Å². The Bertz CT molecular complexity index is 1000. The number of carbonyl (C=O) groups excluding carboxylic acids is 1. The van der Waals surface area contributed by atoms with Gasteiger partial charge in [-0.3, -0.25) is 14.9 Å². The molecule has 0 saturated carbocycles. The van der Waals surface area contributed by atoms with E-state index in [1.54, 1.807) is 32.4 Å². The van der Waals surface area contributed by atoms with Crippen molar-refractivity contribution in [3.05, 3.63) is 65.6 Å². The molecule has 0 aliphatic carbocycles. The number of hydrogen-bond acceptors (Lipinski definition) is 6. The van der Waals surface area contributed by atoms with Crippen LogP contribution in [0.1, 0.15) is 27.8 Å². The zero-order valence-electron chi connectivity index (χ0n) is 16.5. The number of benzene rings is 1. The van der Waals surface area contributed by atoms with E-state index in [9.17, 15) is 4.79 Å². The minimum absolute atomic E-state index is 0.170. The predicted molar refractivity (Wildman–Crippen MR) is 105 cm³/mol. The van der Waals surface area contributed by atoms with Crippen LogP contribution in [0.4, 0.5) is 0 Å². The molecule has 0 radical (unpaired) electrons. The normalized spacial score (nSPS) is 15.8. The van der Waals surface area contributed by atoms with Gasteiger partial charge in [-0.1, -0.05) is 18.2 Å². The average molecular weight is 394 g/mol. The Morgan fingerprint density at radius 2 is 1.97 bits per heavy atom. The van der Waals surface area contributed by atoms with Gasteiger partial charge in [0.2, 0.25) is 0 Å². The number of nitrogens with zero attached hydrogens (tertiary/aromatic N) is 3. The summed E-state index contributed by atoms with van der Waals surface area (Å²) in [5, 5.41) is 7.36. The highest BCUT2D eigenvalue weighted by molar-refractivity contribution is 6.00. The fraction of sp³-hybridized carbons (Fsp3) is 0.286. The Kier molecular flexibility index (Phi) is 5.28. The third-order valence-corrected chi connectivity index (χ3v) is 5.05. The molecule has 1 unspecified atom stereocenters. The van der Waals surface area contributed by atoms with Crippen molar-refractivity contribution >= 4 is 5.91 Å². The van der Waals surface area contributed by atoms with E-state index in [0.717, 1.165) is 16.8 Å². The molecule has 0 bridgehead atoms.